The predicted molar refractivity (Wildman–Crippen MR) is 63.1 cm³/mol. The van der Waals surface area contributed by atoms with Gasteiger partial charge in [-0.3, -0.25) is 0 Å². The van der Waals surface area contributed by atoms with Crippen LogP contribution >= 0.6 is 0 Å². The lowest BCUT2D eigenvalue weighted by molar-refractivity contribution is 0.0694. The first-order valence-corrected chi connectivity index (χ1v) is 5.46. The molecule has 4 nitrogen and oxygen atoms in total. The number of aromatic hydroxyl groups is 1. The van der Waals surface area contributed by atoms with Crippen molar-refractivity contribution in [3.05, 3.63) is 23.8 Å². The summed E-state index contributed by atoms with van der Waals surface area (Å²) in [6.07, 6.45) is 3.25. The molecule has 0 amide bonds. The summed E-state index contributed by atoms with van der Waals surface area (Å²) in [6, 6.07) is 4.67. The number of benzene rings is 1. The molecule has 0 bridgehead atoms. The minimum atomic E-state index is -1.12. The molecule has 1 aromatic rings. The highest BCUT2D eigenvalue weighted by molar-refractivity contribution is 5.93. The van der Waals surface area contributed by atoms with Crippen molar-refractivity contribution in [3.8, 4) is 5.75 Å². The fourth-order valence-electron chi connectivity index (χ4n) is 1.46. The molecule has 0 saturated heterocycles. The van der Waals surface area contributed by atoms with E-state index in [1.165, 1.54) is 6.07 Å². The Labute approximate surface area is 94.9 Å². The number of carboxylic acids is 1. The van der Waals surface area contributed by atoms with Crippen LogP contribution in [-0.2, 0) is 0 Å². The second-order valence-electron chi connectivity index (χ2n) is 3.64. The fraction of sp³-hybridized carbons (Fsp3) is 0.417. The van der Waals surface area contributed by atoms with E-state index in [1.807, 2.05) is 0 Å². The van der Waals surface area contributed by atoms with Crippen LogP contribution in [0.2, 0.25) is 0 Å². The fourth-order valence-corrected chi connectivity index (χ4v) is 1.46. The van der Waals surface area contributed by atoms with Crippen molar-refractivity contribution in [1.29, 1.82) is 0 Å². The van der Waals surface area contributed by atoms with E-state index >= 15 is 0 Å². The zero-order valence-corrected chi connectivity index (χ0v) is 9.36. The zero-order chi connectivity index (χ0) is 12.0. The van der Waals surface area contributed by atoms with Crippen molar-refractivity contribution in [2.24, 2.45) is 0 Å². The van der Waals surface area contributed by atoms with E-state index < -0.39 is 5.97 Å². The molecule has 3 N–H and O–H groups in total. The van der Waals surface area contributed by atoms with Crippen LogP contribution in [0.3, 0.4) is 0 Å². The minimum absolute atomic E-state index is 0.0690. The van der Waals surface area contributed by atoms with E-state index in [4.69, 9.17) is 5.11 Å². The van der Waals surface area contributed by atoms with Crippen LogP contribution in [0.25, 0.3) is 0 Å². The molecule has 0 unspecified atom stereocenters. The number of hydrogen-bond acceptors (Lipinski definition) is 3. The van der Waals surface area contributed by atoms with Crippen LogP contribution in [0, 0.1) is 0 Å². The third-order valence-electron chi connectivity index (χ3n) is 2.36. The zero-order valence-electron chi connectivity index (χ0n) is 9.36. The average Bonchev–Trinajstić information content (AvgIpc) is 2.26. The number of carbonyl (C=O) groups is 1. The summed E-state index contributed by atoms with van der Waals surface area (Å²) in [4.78, 5) is 10.8. The molecule has 4 heteroatoms. The van der Waals surface area contributed by atoms with Crippen LogP contribution in [0.1, 0.15) is 36.5 Å². The number of phenols is 1. The number of anilines is 1. The number of carboxylic acid groups (broad SMARTS) is 1. The summed E-state index contributed by atoms with van der Waals surface area (Å²) >= 11 is 0. The van der Waals surface area contributed by atoms with Gasteiger partial charge in [0, 0.05) is 6.54 Å². The van der Waals surface area contributed by atoms with Crippen LogP contribution in [0.5, 0.6) is 5.75 Å². The summed E-state index contributed by atoms with van der Waals surface area (Å²) in [5.41, 5.74) is 0.413. The largest absolute Gasteiger partial charge is 0.505 e. The van der Waals surface area contributed by atoms with Crippen molar-refractivity contribution in [2.75, 3.05) is 11.9 Å². The Morgan fingerprint density at radius 3 is 2.75 bits per heavy atom. The lowest BCUT2D eigenvalue weighted by atomic mass is 10.1. The number of hydrogen-bond donors (Lipinski definition) is 3. The molecule has 0 aliphatic heterocycles. The number of aromatic carboxylic acids is 1. The Hall–Kier alpha value is -1.71. The highest BCUT2D eigenvalue weighted by atomic mass is 16.4. The summed E-state index contributed by atoms with van der Waals surface area (Å²) in [5, 5.41) is 21.5. The van der Waals surface area contributed by atoms with Gasteiger partial charge in [-0.05, 0) is 18.6 Å². The highest BCUT2D eigenvalue weighted by Crippen LogP contribution is 2.27. The Balaban J connectivity index is 2.66. The van der Waals surface area contributed by atoms with Crippen LogP contribution in [0.15, 0.2) is 18.2 Å². The lowest BCUT2D eigenvalue weighted by Gasteiger charge is -2.09. The molecule has 1 rings (SSSR count). The van der Waals surface area contributed by atoms with Crippen LogP contribution in [-0.4, -0.2) is 22.7 Å². The highest BCUT2D eigenvalue weighted by Gasteiger charge is 2.11. The van der Waals surface area contributed by atoms with Gasteiger partial charge in [-0.2, -0.15) is 0 Å². The molecule has 0 radical (unpaired) electrons. The van der Waals surface area contributed by atoms with Gasteiger partial charge in [-0.1, -0.05) is 25.8 Å². The Morgan fingerprint density at radius 1 is 1.38 bits per heavy atom. The van der Waals surface area contributed by atoms with Gasteiger partial charge >= 0.3 is 5.97 Å². The van der Waals surface area contributed by atoms with Crippen molar-refractivity contribution < 1.29 is 15.0 Å². The van der Waals surface area contributed by atoms with E-state index in [9.17, 15) is 9.90 Å². The van der Waals surface area contributed by atoms with Crippen LogP contribution < -0.4 is 5.32 Å². The second-order valence-corrected chi connectivity index (χ2v) is 3.64. The summed E-state index contributed by atoms with van der Waals surface area (Å²) in [5.74, 6) is -1.30. The van der Waals surface area contributed by atoms with Gasteiger partial charge in [0.25, 0.3) is 0 Å². The summed E-state index contributed by atoms with van der Waals surface area (Å²) < 4.78 is 0. The van der Waals surface area contributed by atoms with Gasteiger partial charge in [0.15, 0.2) is 5.75 Å². The van der Waals surface area contributed by atoms with Crippen molar-refractivity contribution in [3.63, 3.8) is 0 Å². The molecule has 0 spiro atoms. The number of para-hydroxylation sites is 1. The number of rotatable bonds is 6. The lowest BCUT2D eigenvalue weighted by Crippen LogP contribution is -2.04. The first-order chi connectivity index (χ1) is 7.66. The molecule has 0 saturated carbocycles. The smallest absolute Gasteiger partial charge is 0.339 e. The van der Waals surface area contributed by atoms with E-state index in [2.05, 4.69) is 12.2 Å². The van der Waals surface area contributed by atoms with Crippen molar-refractivity contribution in [1.82, 2.24) is 0 Å². The van der Waals surface area contributed by atoms with Crippen LogP contribution in [0.4, 0.5) is 5.69 Å². The maximum absolute atomic E-state index is 10.8. The Kier molecular flexibility index (Phi) is 4.64. The SMILES string of the molecule is CCCCCNc1cccc(C(=O)O)c1O. The van der Waals surface area contributed by atoms with Crippen molar-refractivity contribution in [2.45, 2.75) is 26.2 Å². The summed E-state index contributed by atoms with van der Waals surface area (Å²) in [7, 11) is 0. The third-order valence-corrected chi connectivity index (χ3v) is 2.36. The third kappa shape index (κ3) is 3.15. The van der Waals surface area contributed by atoms with Gasteiger partial charge in [0.05, 0.1) is 5.69 Å². The molecular formula is C12H17NO3. The molecule has 0 fully saturated rings. The quantitative estimate of drug-likeness (QED) is 0.512. The molecule has 1 aromatic carbocycles. The summed E-state index contributed by atoms with van der Waals surface area (Å²) in [6.45, 7) is 2.85. The Bertz CT molecular complexity index is 363. The standard InChI is InChI=1S/C12H17NO3/c1-2-3-4-8-13-10-7-5-6-9(11(10)14)12(15)16/h5-7,13-14H,2-4,8H2,1H3,(H,15,16). The molecule has 0 aliphatic rings. The van der Waals surface area contributed by atoms with E-state index in [0.717, 1.165) is 25.8 Å². The van der Waals surface area contributed by atoms with E-state index in [-0.39, 0.29) is 11.3 Å². The molecule has 0 aliphatic carbocycles. The van der Waals surface area contributed by atoms with Crippen molar-refractivity contribution >= 4 is 11.7 Å². The van der Waals surface area contributed by atoms with Gasteiger partial charge < -0.3 is 15.5 Å². The van der Waals surface area contributed by atoms with Gasteiger partial charge in [-0.15, -0.1) is 0 Å². The average molecular weight is 223 g/mol. The van der Waals surface area contributed by atoms with E-state index in [0.29, 0.717) is 5.69 Å². The predicted octanol–water partition coefficient (Wildman–Crippen LogP) is 2.69. The van der Waals surface area contributed by atoms with Gasteiger partial charge in [0.1, 0.15) is 5.56 Å². The maximum Gasteiger partial charge on any atom is 0.339 e. The second kappa shape index (κ2) is 6.00. The normalized spacial score (nSPS) is 10.1. The molecule has 16 heavy (non-hydrogen) atoms. The number of nitrogens with one attached hydrogen (secondary N) is 1. The molecule has 88 valence electrons. The molecule has 0 aromatic heterocycles. The number of unbranched alkanes of at least 4 members (excludes halogenated alkanes) is 2. The molecular weight excluding hydrogens is 206 g/mol. The molecule has 0 atom stereocenters. The first-order valence-electron chi connectivity index (χ1n) is 5.46. The Morgan fingerprint density at radius 2 is 2.12 bits per heavy atom. The molecule has 0 heterocycles. The maximum atomic E-state index is 10.8. The minimum Gasteiger partial charge on any atom is -0.505 e. The van der Waals surface area contributed by atoms with Gasteiger partial charge in [-0.25, -0.2) is 4.79 Å². The first kappa shape index (κ1) is 12.4. The topological polar surface area (TPSA) is 69.6 Å². The monoisotopic (exact) mass is 223 g/mol. The van der Waals surface area contributed by atoms with Gasteiger partial charge in [0.2, 0.25) is 0 Å². The van der Waals surface area contributed by atoms with E-state index in [1.54, 1.807) is 12.1 Å².